The van der Waals surface area contributed by atoms with Gasteiger partial charge in [-0.05, 0) is 28.5 Å². The first-order valence-corrected chi connectivity index (χ1v) is 15.7. The molecule has 0 amide bonds. The summed E-state index contributed by atoms with van der Waals surface area (Å²) in [6.45, 7) is 9.56. The molecule has 4 rings (SSSR count). The quantitative estimate of drug-likeness (QED) is 0.147. The Morgan fingerprint density at radius 3 is 0.868 bits per heavy atom. The lowest BCUT2D eigenvalue weighted by atomic mass is 10.1. The Kier molecular flexibility index (Phi) is 21.1. The second kappa shape index (κ2) is 21.8. The number of benzene rings is 4. The first-order chi connectivity index (χ1) is 18.1. The summed E-state index contributed by atoms with van der Waals surface area (Å²) in [5.74, 6) is 0. The van der Waals surface area contributed by atoms with Crippen LogP contribution in [0.25, 0.3) is 21.5 Å². The fourth-order valence-corrected chi connectivity index (χ4v) is 2.63. The van der Waals surface area contributed by atoms with Crippen LogP contribution < -0.4 is 0 Å². The molecule has 0 aromatic heterocycles. The highest BCUT2D eigenvalue weighted by molar-refractivity contribution is 7.86. The monoisotopic (exact) mass is 563 g/mol. The third-order valence-corrected chi connectivity index (χ3v) is 4.87. The normalized spacial score (nSPS) is 10.0. The molecule has 7 nitrogen and oxygen atoms in total. The summed E-state index contributed by atoms with van der Waals surface area (Å²) in [6, 6.07) is 33.4. The molecule has 210 valence electrons. The Balaban J connectivity index is 0. The Hall–Kier alpha value is -3.27. The Labute approximate surface area is 229 Å². The number of hydrogen-bond donors (Lipinski definition) is 0. The molecule has 0 aliphatic carbocycles. The zero-order chi connectivity index (χ0) is 29.5. The summed E-state index contributed by atoms with van der Waals surface area (Å²) in [5.41, 5.74) is 0. The van der Waals surface area contributed by atoms with E-state index in [1.54, 1.807) is 6.92 Å². The van der Waals surface area contributed by atoms with Gasteiger partial charge in [-0.2, -0.15) is 16.8 Å². The minimum Gasteiger partial charge on any atom is -0.274 e. The van der Waals surface area contributed by atoms with E-state index in [2.05, 4.69) is 111 Å². The van der Waals surface area contributed by atoms with Gasteiger partial charge < -0.3 is 0 Å². The second-order valence-electron chi connectivity index (χ2n) is 6.71. The summed E-state index contributed by atoms with van der Waals surface area (Å²) in [5, 5.41) is 8.27. The van der Waals surface area contributed by atoms with Gasteiger partial charge in [0.1, 0.15) is 0 Å². The molecule has 0 heterocycles. The molecule has 0 aliphatic heterocycles. The molecule has 4 aromatic rings. The van der Waals surface area contributed by atoms with E-state index in [4.69, 9.17) is 0 Å². The lowest BCUT2D eigenvalue weighted by molar-refractivity contribution is 0.345. The van der Waals surface area contributed by atoms with Gasteiger partial charge in [0.2, 0.25) is 0 Å². The molecule has 0 bridgehead atoms. The van der Waals surface area contributed by atoms with E-state index in [0.29, 0.717) is 0 Å². The van der Waals surface area contributed by atoms with Gasteiger partial charge in [-0.15, -0.1) is 0 Å². The predicted octanol–water partition coefficient (Wildman–Crippen LogP) is 7.29. The molecule has 0 unspecified atom stereocenters. The van der Waals surface area contributed by atoms with Gasteiger partial charge in [0.05, 0.1) is 19.6 Å². The summed E-state index contributed by atoms with van der Waals surface area (Å²) in [6.07, 6.45) is 3.17. The van der Waals surface area contributed by atoms with Crippen molar-refractivity contribution in [2.24, 2.45) is 5.16 Å². The number of rotatable bonds is 3. The van der Waals surface area contributed by atoms with Crippen LogP contribution in [0.5, 0.6) is 0 Å². The van der Waals surface area contributed by atoms with Crippen LogP contribution in [0.4, 0.5) is 0 Å². The van der Waals surface area contributed by atoms with Crippen molar-refractivity contribution < 1.29 is 25.3 Å². The molecule has 0 radical (unpaired) electrons. The average molecular weight is 564 g/mol. The summed E-state index contributed by atoms with van der Waals surface area (Å²) in [7, 11) is -5.43. The van der Waals surface area contributed by atoms with Crippen LogP contribution in [0, 0.1) is 0 Å². The third-order valence-electron chi connectivity index (χ3n) is 3.90. The van der Waals surface area contributed by atoms with E-state index >= 15 is 0 Å². The smallest absolute Gasteiger partial charge is 0.274 e. The van der Waals surface area contributed by atoms with Gasteiger partial charge in [0.15, 0.2) is 0 Å². The van der Waals surface area contributed by atoms with Crippen molar-refractivity contribution >= 4 is 48.0 Å². The average Bonchev–Trinajstić information content (AvgIpc) is 2.94. The molecular weight excluding hydrogens is 522 g/mol. The van der Waals surface area contributed by atoms with E-state index in [1.165, 1.54) is 27.8 Å². The molecule has 0 saturated carbocycles. The van der Waals surface area contributed by atoms with Crippen molar-refractivity contribution in [1.29, 1.82) is 0 Å². The van der Waals surface area contributed by atoms with Crippen LogP contribution in [0.3, 0.4) is 0 Å². The summed E-state index contributed by atoms with van der Waals surface area (Å²) >= 11 is 0. The molecule has 4 aromatic carbocycles. The topological polar surface area (TPSA) is 99.1 Å². The fraction of sp³-hybridized carbons (Fsp3) is 0.276. The maximum absolute atomic E-state index is 10.1. The van der Waals surface area contributed by atoms with Crippen molar-refractivity contribution in [3.05, 3.63) is 97.1 Å². The molecular formula is C29H41NO6S2. The molecule has 0 fully saturated rings. The number of oxime groups is 1. The molecule has 0 saturated heterocycles. The van der Waals surface area contributed by atoms with Gasteiger partial charge >= 0.3 is 10.1 Å². The lowest BCUT2D eigenvalue weighted by Gasteiger charge is -1.92. The minimum absolute atomic E-state index is 0.931. The largest absolute Gasteiger partial charge is 0.325 e. The van der Waals surface area contributed by atoms with Crippen LogP contribution in [0.1, 0.15) is 34.6 Å². The van der Waals surface area contributed by atoms with Gasteiger partial charge in [0.25, 0.3) is 10.1 Å². The fourth-order valence-electron chi connectivity index (χ4n) is 2.39. The van der Waals surface area contributed by atoms with Crippen molar-refractivity contribution in [3.63, 3.8) is 0 Å². The molecule has 0 N–H and O–H groups in total. The summed E-state index contributed by atoms with van der Waals surface area (Å²) in [4.78, 5) is 0. The second-order valence-corrected chi connectivity index (χ2v) is 10.0. The maximum atomic E-state index is 10.1. The number of hydrogen-bond acceptors (Lipinski definition) is 7. The summed E-state index contributed by atoms with van der Waals surface area (Å²) < 4.78 is 47.5. The Bertz CT molecular complexity index is 1180. The molecule has 0 spiro atoms. The van der Waals surface area contributed by atoms with E-state index in [1.807, 2.05) is 27.7 Å². The first-order valence-electron chi connectivity index (χ1n) is 12.1. The first kappa shape index (κ1) is 36.9. The predicted molar refractivity (Wildman–Crippen MR) is 163 cm³/mol. The van der Waals surface area contributed by atoms with Crippen LogP contribution in [-0.2, 0) is 28.7 Å². The number of fused-ring (bicyclic) bond motifs is 2. The highest BCUT2D eigenvalue weighted by Crippen LogP contribution is 2.12. The van der Waals surface area contributed by atoms with Crippen LogP contribution in [0.2, 0.25) is 0 Å². The lowest BCUT2D eigenvalue weighted by Crippen LogP contribution is -1.95. The van der Waals surface area contributed by atoms with E-state index in [-0.39, 0.29) is 0 Å². The van der Waals surface area contributed by atoms with Gasteiger partial charge in [-0.3, -0.25) is 8.47 Å². The van der Waals surface area contributed by atoms with Crippen LogP contribution in [0.15, 0.2) is 102 Å². The van der Waals surface area contributed by atoms with Crippen molar-refractivity contribution in [3.8, 4) is 0 Å². The zero-order valence-corrected chi connectivity index (χ0v) is 25.2. The van der Waals surface area contributed by atoms with Crippen molar-refractivity contribution in [1.82, 2.24) is 0 Å². The minimum atomic E-state index is -3.38. The van der Waals surface area contributed by atoms with Crippen LogP contribution >= 0.6 is 0 Å². The molecule has 9 heteroatoms. The number of nitrogens with zero attached hydrogens (tertiary/aromatic N) is 1. The highest BCUT2D eigenvalue weighted by atomic mass is 32.2. The molecule has 0 aliphatic rings. The van der Waals surface area contributed by atoms with Gasteiger partial charge in [-0.25, -0.2) is 0 Å². The Morgan fingerprint density at radius 2 is 0.763 bits per heavy atom. The maximum Gasteiger partial charge on any atom is 0.325 e. The van der Waals surface area contributed by atoms with E-state index in [0.717, 1.165) is 19.6 Å². The third kappa shape index (κ3) is 19.9. The van der Waals surface area contributed by atoms with Crippen LogP contribution in [-0.4, -0.2) is 42.7 Å². The molecule has 0 atom stereocenters. The zero-order valence-electron chi connectivity index (χ0n) is 23.5. The van der Waals surface area contributed by atoms with E-state index < -0.39 is 20.2 Å². The van der Waals surface area contributed by atoms with Gasteiger partial charge in [-0.1, -0.05) is 130 Å². The highest BCUT2D eigenvalue weighted by Gasteiger charge is 1.95. The van der Waals surface area contributed by atoms with Crippen molar-refractivity contribution in [2.75, 3.05) is 19.6 Å². The standard InChI is InChI=1S/2C10H8.C3H7NO3S.C2H6O3S.2C2H6/c2*1-2-6-10-8-4-3-7-9(10)5-1;1-3-4-7-8(2,5)6;1-5-6(2,3)4;2*1-2/h2*1-8H;3H,1-2H3;1-2H3;2*1-2H3. The van der Waals surface area contributed by atoms with E-state index in [9.17, 15) is 16.8 Å². The molecule has 38 heavy (non-hydrogen) atoms. The van der Waals surface area contributed by atoms with Gasteiger partial charge in [0, 0.05) is 6.21 Å². The SMILES string of the molecule is CC.CC.CC=NOS(C)(=O)=O.COS(C)(=O)=O.c1ccc2ccccc2c1.c1ccc2ccccc2c1. The Morgan fingerprint density at radius 1 is 0.553 bits per heavy atom. The van der Waals surface area contributed by atoms with Crippen molar-refractivity contribution in [2.45, 2.75) is 34.6 Å².